The van der Waals surface area contributed by atoms with Crippen LogP contribution in [0.3, 0.4) is 0 Å². The van der Waals surface area contributed by atoms with Crippen molar-refractivity contribution >= 4 is 40.2 Å². The van der Waals surface area contributed by atoms with Crippen LogP contribution in [0.2, 0.25) is 5.02 Å². The van der Waals surface area contributed by atoms with Crippen molar-refractivity contribution in [3.8, 4) is 0 Å². The zero-order valence-electron chi connectivity index (χ0n) is 6.09. The van der Waals surface area contributed by atoms with Gasteiger partial charge in [0.2, 0.25) is 5.24 Å². The summed E-state index contributed by atoms with van der Waals surface area (Å²) < 4.78 is 0. The highest BCUT2D eigenvalue weighted by molar-refractivity contribution is 8.00. The van der Waals surface area contributed by atoms with Gasteiger partial charge in [0.05, 0.1) is 5.75 Å². The first-order valence-electron chi connectivity index (χ1n) is 3.25. The Bertz CT molecular complexity index is 271. The van der Waals surface area contributed by atoms with Crippen molar-refractivity contribution in [2.45, 2.75) is 4.90 Å². The van der Waals surface area contributed by atoms with Gasteiger partial charge >= 0.3 is 0 Å². The lowest BCUT2D eigenvalue weighted by Gasteiger charge is -1.96. The number of rotatable bonds is 3. The average Bonchev–Trinajstić information content (AvgIpc) is 2.03. The molecule has 4 heteroatoms. The maximum absolute atomic E-state index is 10.4. The van der Waals surface area contributed by atoms with E-state index in [0.29, 0.717) is 10.8 Å². The monoisotopic (exact) mass is 220 g/mol. The van der Waals surface area contributed by atoms with Crippen molar-refractivity contribution in [1.82, 2.24) is 0 Å². The van der Waals surface area contributed by atoms with E-state index in [1.54, 1.807) is 12.1 Å². The number of hydrogen-bond donors (Lipinski definition) is 0. The molecule has 0 atom stereocenters. The van der Waals surface area contributed by atoms with E-state index in [4.69, 9.17) is 23.2 Å². The van der Waals surface area contributed by atoms with E-state index in [9.17, 15) is 4.79 Å². The van der Waals surface area contributed by atoms with E-state index in [1.165, 1.54) is 11.8 Å². The van der Waals surface area contributed by atoms with E-state index in [2.05, 4.69) is 0 Å². The van der Waals surface area contributed by atoms with Gasteiger partial charge in [-0.25, -0.2) is 0 Å². The van der Waals surface area contributed by atoms with Gasteiger partial charge in [0.25, 0.3) is 0 Å². The zero-order chi connectivity index (χ0) is 8.97. The molecular formula is C8H6Cl2OS. The molecule has 0 aliphatic carbocycles. The standard InChI is InChI=1S/C8H6Cl2OS/c9-6-1-3-7(4-2-6)12-5-8(10)11/h1-4H,5H2. The lowest BCUT2D eigenvalue weighted by molar-refractivity contribution is -0.109. The Morgan fingerprint density at radius 1 is 1.33 bits per heavy atom. The van der Waals surface area contributed by atoms with Crippen LogP contribution in [0.5, 0.6) is 0 Å². The average molecular weight is 221 g/mol. The molecule has 0 N–H and O–H groups in total. The SMILES string of the molecule is O=C(Cl)CSc1ccc(Cl)cc1. The van der Waals surface area contributed by atoms with Crippen LogP contribution < -0.4 is 0 Å². The Hall–Kier alpha value is -0.180. The van der Waals surface area contributed by atoms with Gasteiger partial charge < -0.3 is 0 Å². The van der Waals surface area contributed by atoms with Gasteiger partial charge in [-0.05, 0) is 35.9 Å². The number of carbonyl (C=O) groups excluding carboxylic acids is 1. The lowest BCUT2D eigenvalue weighted by Crippen LogP contribution is -1.88. The minimum atomic E-state index is -0.338. The van der Waals surface area contributed by atoms with Crippen LogP contribution in [-0.2, 0) is 4.79 Å². The van der Waals surface area contributed by atoms with Crippen LogP contribution in [0, 0.1) is 0 Å². The first-order chi connectivity index (χ1) is 5.68. The lowest BCUT2D eigenvalue weighted by atomic mass is 10.4. The molecule has 0 saturated heterocycles. The maximum Gasteiger partial charge on any atom is 0.231 e. The Morgan fingerprint density at radius 2 is 1.92 bits per heavy atom. The van der Waals surface area contributed by atoms with Gasteiger partial charge in [0.1, 0.15) is 0 Å². The molecule has 64 valence electrons. The third kappa shape index (κ3) is 3.48. The summed E-state index contributed by atoms with van der Waals surface area (Å²) >= 11 is 12.2. The second-order valence-electron chi connectivity index (χ2n) is 2.10. The first kappa shape index (κ1) is 9.90. The van der Waals surface area contributed by atoms with E-state index >= 15 is 0 Å². The Morgan fingerprint density at radius 3 is 2.42 bits per heavy atom. The van der Waals surface area contributed by atoms with Crippen molar-refractivity contribution in [2.75, 3.05) is 5.75 Å². The van der Waals surface area contributed by atoms with Crippen molar-refractivity contribution in [3.05, 3.63) is 29.3 Å². The highest BCUT2D eigenvalue weighted by atomic mass is 35.5. The fourth-order valence-electron chi connectivity index (χ4n) is 0.671. The van der Waals surface area contributed by atoms with E-state index in [-0.39, 0.29) is 5.24 Å². The Balaban J connectivity index is 2.53. The molecule has 1 aromatic rings. The molecule has 0 fully saturated rings. The fourth-order valence-corrected chi connectivity index (χ4v) is 1.57. The van der Waals surface area contributed by atoms with Crippen LogP contribution in [-0.4, -0.2) is 11.0 Å². The highest BCUT2D eigenvalue weighted by Gasteiger charge is 1.98. The molecule has 0 bridgehead atoms. The first-order valence-corrected chi connectivity index (χ1v) is 4.99. The predicted octanol–water partition coefficient (Wildman–Crippen LogP) is 3.20. The topological polar surface area (TPSA) is 17.1 Å². The van der Waals surface area contributed by atoms with Gasteiger partial charge in [-0.1, -0.05) is 11.6 Å². The van der Waals surface area contributed by atoms with Crippen molar-refractivity contribution in [3.63, 3.8) is 0 Å². The normalized spacial score (nSPS) is 9.83. The van der Waals surface area contributed by atoms with Gasteiger partial charge in [-0.2, -0.15) is 0 Å². The molecule has 0 unspecified atom stereocenters. The molecule has 0 spiro atoms. The van der Waals surface area contributed by atoms with Crippen molar-refractivity contribution < 1.29 is 4.79 Å². The van der Waals surface area contributed by atoms with Crippen LogP contribution >= 0.6 is 35.0 Å². The number of thioether (sulfide) groups is 1. The molecule has 0 saturated carbocycles. The third-order valence-corrected chi connectivity index (χ3v) is 2.72. The molecule has 1 rings (SSSR count). The molecule has 0 amide bonds. The van der Waals surface area contributed by atoms with Crippen LogP contribution in [0.1, 0.15) is 0 Å². The van der Waals surface area contributed by atoms with Gasteiger partial charge in [0, 0.05) is 9.92 Å². The summed E-state index contributed by atoms with van der Waals surface area (Å²) in [5.74, 6) is 0.295. The molecule has 0 aliphatic heterocycles. The molecule has 0 radical (unpaired) electrons. The molecule has 1 aromatic carbocycles. The van der Waals surface area contributed by atoms with Crippen molar-refractivity contribution in [2.24, 2.45) is 0 Å². The van der Waals surface area contributed by atoms with Gasteiger partial charge in [-0.3, -0.25) is 4.79 Å². The molecular weight excluding hydrogens is 215 g/mol. The predicted molar refractivity (Wildman–Crippen MR) is 53.0 cm³/mol. The summed E-state index contributed by atoms with van der Waals surface area (Å²) in [4.78, 5) is 11.4. The van der Waals surface area contributed by atoms with E-state index in [0.717, 1.165) is 4.90 Å². The summed E-state index contributed by atoms with van der Waals surface area (Å²) in [5.41, 5.74) is 0. The number of halogens is 2. The molecule has 0 aliphatic rings. The van der Waals surface area contributed by atoms with E-state index < -0.39 is 0 Å². The van der Waals surface area contributed by atoms with Crippen LogP contribution in [0.25, 0.3) is 0 Å². The Labute approximate surface area is 85.1 Å². The molecule has 1 nitrogen and oxygen atoms in total. The number of benzene rings is 1. The van der Waals surface area contributed by atoms with E-state index in [1.807, 2.05) is 12.1 Å². The minimum Gasteiger partial charge on any atom is -0.280 e. The minimum absolute atomic E-state index is 0.295. The fraction of sp³-hybridized carbons (Fsp3) is 0.125. The summed E-state index contributed by atoms with van der Waals surface area (Å²) in [7, 11) is 0. The highest BCUT2D eigenvalue weighted by Crippen LogP contribution is 2.20. The number of hydrogen-bond acceptors (Lipinski definition) is 2. The summed E-state index contributed by atoms with van der Waals surface area (Å²) in [6, 6.07) is 7.27. The summed E-state index contributed by atoms with van der Waals surface area (Å²) in [5, 5.41) is 0.353. The quantitative estimate of drug-likeness (QED) is 0.575. The van der Waals surface area contributed by atoms with Crippen LogP contribution in [0.15, 0.2) is 29.2 Å². The molecule has 0 heterocycles. The Kier molecular flexibility index (Phi) is 3.92. The maximum atomic E-state index is 10.4. The number of carbonyl (C=O) groups is 1. The second-order valence-corrected chi connectivity index (χ2v) is 4.00. The molecule has 12 heavy (non-hydrogen) atoms. The summed E-state index contributed by atoms with van der Waals surface area (Å²) in [6.07, 6.45) is 0. The third-order valence-electron chi connectivity index (χ3n) is 1.17. The molecule has 0 aromatic heterocycles. The van der Waals surface area contributed by atoms with Crippen molar-refractivity contribution in [1.29, 1.82) is 0 Å². The van der Waals surface area contributed by atoms with Gasteiger partial charge in [0.15, 0.2) is 0 Å². The largest absolute Gasteiger partial charge is 0.280 e. The zero-order valence-corrected chi connectivity index (χ0v) is 8.42. The second kappa shape index (κ2) is 4.75. The van der Waals surface area contributed by atoms with Gasteiger partial charge in [-0.15, -0.1) is 11.8 Å². The smallest absolute Gasteiger partial charge is 0.231 e. The summed E-state index contributed by atoms with van der Waals surface area (Å²) in [6.45, 7) is 0. The van der Waals surface area contributed by atoms with Crippen LogP contribution in [0.4, 0.5) is 0 Å².